The van der Waals surface area contributed by atoms with Crippen molar-refractivity contribution in [2.24, 2.45) is 0 Å². The molecule has 7 nitrogen and oxygen atoms in total. The molecule has 1 fully saturated rings. The van der Waals surface area contributed by atoms with Gasteiger partial charge in [-0.15, -0.1) is 0 Å². The number of amides is 2. The fourth-order valence-electron chi connectivity index (χ4n) is 3.51. The molecular weight excluding hydrogens is 402 g/mol. The summed E-state index contributed by atoms with van der Waals surface area (Å²) in [6.45, 7) is 2.96. The highest BCUT2D eigenvalue weighted by Crippen LogP contribution is 2.25. The number of H-pyrrole nitrogens is 1. The van der Waals surface area contributed by atoms with E-state index >= 15 is 0 Å². The van der Waals surface area contributed by atoms with Crippen LogP contribution in [0.2, 0.25) is 5.02 Å². The van der Waals surface area contributed by atoms with Crippen LogP contribution in [0.1, 0.15) is 23.7 Å². The van der Waals surface area contributed by atoms with Crippen molar-refractivity contribution in [1.29, 1.82) is 0 Å². The molecular formula is C22H22ClN5O2. The van der Waals surface area contributed by atoms with Crippen LogP contribution in [0.4, 0.5) is 11.5 Å². The van der Waals surface area contributed by atoms with E-state index in [2.05, 4.69) is 25.7 Å². The number of carbonyl (C=O) groups is 2. The minimum Gasteiger partial charge on any atom is -0.353 e. The summed E-state index contributed by atoms with van der Waals surface area (Å²) in [5.41, 5.74) is 3.17. The highest BCUT2D eigenvalue weighted by Gasteiger charge is 2.26. The van der Waals surface area contributed by atoms with Gasteiger partial charge in [-0.1, -0.05) is 23.7 Å². The van der Waals surface area contributed by atoms with Crippen molar-refractivity contribution < 1.29 is 9.59 Å². The fourth-order valence-corrected chi connectivity index (χ4v) is 3.64. The van der Waals surface area contributed by atoms with E-state index in [4.69, 9.17) is 11.6 Å². The van der Waals surface area contributed by atoms with Gasteiger partial charge in [-0.25, -0.2) is 0 Å². The molecule has 1 saturated heterocycles. The summed E-state index contributed by atoms with van der Waals surface area (Å²) >= 11 is 5.95. The molecule has 0 bridgehead atoms. The molecule has 1 aliphatic rings. The number of nitrogens with one attached hydrogen (secondary N) is 3. The van der Waals surface area contributed by atoms with Crippen LogP contribution in [0.5, 0.6) is 0 Å². The summed E-state index contributed by atoms with van der Waals surface area (Å²) in [6, 6.07) is 16.5. The number of halogens is 1. The predicted molar refractivity (Wildman–Crippen MR) is 118 cm³/mol. The van der Waals surface area contributed by atoms with Gasteiger partial charge >= 0.3 is 0 Å². The third-order valence-electron chi connectivity index (χ3n) is 5.03. The number of hydrogen-bond donors (Lipinski definition) is 3. The number of nitrogens with zero attached hydrogens (tertiary/aromatic N) is 2. The number of aromatic nitrogens is 2. The van der Waals surface area contributed by atoms with Gasteiger partial charge in [-0.05, 0) is 48.4 Å². The molecule has 4 rings (SSSR count). The van der Waals surface area contributed by atoms with Gasteiger partial charge in [0.05, 0.1) is 5.69 Å². The molecule has 0 unspecified atom stereocenters. The second kappa shape index (κ2) is 8.59. The van der Waals surface area contributed by atoms with Gasteiger partial charge < -0.3 is 15.5 Å². The number of carbonyl (C=O) groups excluding carboxylic acids is 2. The lowest BCUT2D eigenvalue weighted by Crippen LogP contribution is -2.37. The van der Waals surface area contributed by atoms with Gasteiger partial charge in [0.1, 0.15) is 0 Å². The van der Waals surface area contributed by atoms with Crippen LogP contribution in [-0.2, 0) is 4.79 Å². The molecule has 0 radical (unpaired) electrons. The van der Waals surface area contributed by atoms with Crippen LogP contribution < -0.4 is 15.5 Å². The third kappa shape index (κ3) is 4.63. The van der Waals surface area contributed by atoms with Crippen molar-refractivity contribution in [3.8, 4) is 11.3 Å². The Morgan fingerprint density at radius 2 is 1.87 bits per heavy atom. The number of aromatic amines is 1. The average Bonchev–Trinajstić information content (AvgIpc) is 3.38. The van der Waals surface area contributed by atoms with Crippen molar-refractivity contribution in [2.75, 3.05) is 23.3 Å². The molecule has 8 heteroatoms. The van der Waals surface area contributed by atoms with Gasteiger partial charge in [0.15, 0.2) is 5.82 Å². The second-order valence-electron chi connectivity index (χ2n) is 7.31. The quantitative estimate of drug-likeness (QED) is 0.583. The Morgan fingerprint density at radius 3 is 2.57 bits per heavy atom. The number of rotatable bonds is 5. The Bertz CT molecular complexity index is 1050. The van der Waals surface area contributed by atoms with E-state index in [1.54, 1.807) is 24.3 Å². The molecule has 3 N–H and O–H groups in total. The van der Waals surface area contributed by atoms with Crippen LogP contribution in [0.25, 0.3) is 11.3 Å². The van der Waals surface area contributed by atoms with Gasteiger partial charge in [0, 0.05) is 48.4 Å². The van der Waals surface area contributed by atoms with Gasteiger partial charge in [-0.3, -0.25) is 14.7 Å². The zero-order valence-electron chi connectivity index (χ0n) is 16.5. The minimum atomic E-state index is -0.143. The van der Waals surface area contributed by atoms with Crippen LogP contribution in [0.15, 0.2) is 54.6 Å². The van der Waals surface area contributed by atoms with E-state index < -0.39 is 0 Å². The molecule has 2 heterocycles. The maximum absolute atomic E-state index is 12.5. The first-order valence-electron chi connectivity index (χ1n) is 9.73. The van der Waals surface area contributed by atoms with E-state index in [-0.39, 0.29) is 17.9 Å². The van der Waals surface area contributed by atoms with Crippen LogP contribution in [0.3, 0.4) is 0 Å². The van der Waals surface area contributed by atoms with E-state index in [0.717, 1.165) is 30.0 Å². The predicted octanol–water partition coefficient (Wildman–Crippen LogP) is 3.70. The SMILES string of the molecule is CC(=O)Nc1ccc(C(=O)N[C@@H]2CCN(c3cc(-c4ccc(Cl)cc4)[nH]n3)C2)cc1. The first-order valence-corrected chi connectivity index (χ1v) is 10.1. The molecule has 0 aliphatic carbocycles. The molecule has 154 valence electrons. The van der Waals surface area contributed by atoms with Crippen LogP contribution >= 0.6 is 11.6 Å². The van der Waals surface area contributed by atoms with E-state index in [0.29, 0.717) is 22.8 Å². The molecule has 3 aromatic rings. The first-order chi connectivity index (χ1) is 14.5. The third-order valence-corrected chi connectivity index (χ3v) is 5.29. The summed E-state index contributed by atoms with van der Waals surface area (Å²) in [5, 5.41) is 14.0. The monoisotopic (exact) mass is 423 g/mol. The molecule has 2 aromatic carbocycles. The maximum atomic E-state index is 12.5. The van der Waals surface area contributed by atoms with E-state index in [9.17, 15) is 9.59 Å². The first kappa shape index (κ1) is 20.0. The highest BCUT2D eigenvalue weighted by atomic mass is 35.5. The lowest BCUT2D eigenvalue weighted by atomic mass is 10.1. The lowest BCUT2D eigenvalue weighted by molar-refractivity contribution is -0.114. The Kier molecular flexibility index (Phi) is 5.72. The Balaban J connectivity index is 1.35. The molecule has 0 spiro atoms. The zero-order valence-corrected chi connectivity index (χ0v) is 17.2. The fraction of sp³-hybridized carbons (Fsp3) is 0.227. The highest BCUT2D eigenvalue weighted by molar-refractivity contribution is 6.30. The second-order valence-corrected chi connectivity index (χ2v) is 7.75. The summed E-state index contributed by atoms with van der Waals surface area (Å²) in [7, 11) is 0. The normalized spacial score (nSPS) is 15.8. The average molecular weight is 424 g/mol. The van der Waals surface area contributed by atoms with Crippen molar-refractivity contribution in [2.45, 2.75) is 19.4 Å². The summed E-state index contributed by atoms with van der Waals surface area (Å²) < 4.78 is 0. The largest absolute Gasteiger partial charge is 0.353 e. The molecule has 1 aliphatic heterocycles. The molecule has 30 heavy (non-hydrogen) atoms. The lowest BCUT2D eigenvalue weighted by Gasteiger charge is -2.16. The summed E-state index contributed by atoms with van der Waals surface area (Å²) in [5.74, 6) is 0.590. The van der Waals surface area contributed by atoms with Crippen LogP contribution in [0, 0.1) is 0 Å². The molecule has 1 aromatic heterocycles. The summed E-state index contributed by atoms with van der Waals surface area (Å²) in [6.07, 6.45) is 0.846. The number of benzene rings is 2. The maximum Gasteiger partial charge on any atom is 0.251 e. The van der Waals surface area contributed by atoms with Crippen molar-refractivity contribution in [3.63, 3.8) is 0 Å². The van der Waals surface area contributed by atoms with Gasteiger partial charge in [-0.2, -0.15) is 5.10 Å². The molecule has 1 atom stereocenters. The Hall–Kier alpha value is -3.32. The molecule has 0 saturated carbocycles. The van der Waals surface area contributed by atoms with Crippen LogP contribution in [-0.4, -0.2) is 41.1 Å². The smallest absolute Gasteiger partial charge is 0.251 e. The van der Waals surface area contributed by atoms with Crippen molar-refractivity contribution in [1.82, 2.24) is 15.5 Å². The minimum absolute atomic E-state index is 0.0446. The topological polar surface area (TPSA) is 90.1 Å². The zero-order chi connectivity index (χ0) is 21.1. The standard InChI is InChI=1S/C22H22ClN5O2/c1-14(29)24-18-8-4-16(5-9-18)22(30)25-19-10-11-28(13-19)21-12-20(26-27-21)15-2-6-17(23)7-3-15/h2-9,12,19H,10-11,13H2,1H3,(H,24,29)(H,25,30)(H,26,27)/t19-/m1/s1. The Labute approximate surface area is 179 Å². The Morgan fingerprint density at radius 1 is 1.13 bits per heavy atom. The summed E-state index contributed by atoms with van der Waals surface area (Å²) in [4.78, 5) is 25.8. The van der Waals surface area contributed by atoms with Gasteiger partial charge in [0.25, 0.3) is 5.91 Å². The van der Waals surface area contributed by atoms with Gasteiger partial charge in [0.2, 0.25) is 5.91 Å². The number of hydrogen-bond acceptors (Lipinski definition) is 4. The van der Waals surface area contributed by atoms with Crippen molar-refractivity contribution in [3.05, 3.63) is 65.2 Å². The number of anilines is 2. The molecule has 2 amide bonds. The van der Waals surface area contributed by atoms with Crippen molar-refractivity contribution >= 4 is 34.9 Å². The van der Waals surface area contributed by atoms with E-state index in [1.807, 2.05) is 30.3 Å². The van der Waals surface area contributed by atoms with E-state index in [1.165, 1.54) is 6.92 Å².